The number of ether oxygens (including phenoxy) is 2. The zero-order valence-electron chi connectivity index (χ0n) is 13.1. The molecular weight excluding hydrogens is 320 g/mol. The fourth-order valence-electron chi connectivity index (χ4n) is 2.16. The van der Waals surface area contributed by atoms with E-state index in [0.29, 0.717) is 35.7 Å². The lowest BCUT2D eigenvalue weighted by molar-refractivity contribution is 0.0520. The lowest BCUT2D eigenvalue weighted by atomic mass is 10.2. The lowest BCUT2D eigenvalue weighted by Gasteiger charge is -2.07. The molecular formula is C15H20N2O5S. The average Bonchev–Trinajstić information content (AvgIpc) is 2.87. The Morgan fingerprint density at radius 1 is 1.30 bits per heavy atom. The number of nitrogen functional groups attached to an aromatic ring is 1. The minimum absolute atomic E-state index is 0.0713. The Labute approximate surface area is 134 Å². The van der Waals surface area contributed by atoms with Crippen LogP contribution in [0.5, 0.6) is 5.75 Å². The Morgan fingerprint density at radius 2 is 2.04 bits per heavy atom. The number of carbonyl (C=O) groups is 1. The number of rotatable bonds is 7. The van der Waals surface area contributed by atoms with Crippen LogP contribution in [0.4, 0.5) is 5.69 Å². The van der Waals surface area contributed by atoms with Gasteiger partial charge in [-0.05, 0) is 25.5 Å². The average molecular weight is 340 g/mol. The molecule has 1 aromatic carbocycles. The van der Waals surface area contributed by atoms with Gasteiger partial charge in [0.15, 0.2) is 0 Å². The summed E-state index contributed by atoms with van der Waals surface area (Å²) in [6, 6.07) is 5.02. The quantitative estimate of drug-likeness (QED) is 0.451. The van der Waals surface area contributed by atoms with E-state index in [1.807, 2.05) is 0 Å². The predicted molar refractivity (Wildman–Crippen MR) is 88.5 cm³/mol. The van der Waals surface area contributed by atoms with E-state index < -0.39 is 15.8 Å². The third-order valence-corrected chi connectivity index (χ3v) is 4.19. The van der Waals surface area contributed by atoms with Crippen molar-refractivity contribution >= 4 is 32.4 Å². The number of benzene rings is 1. The molecule has 126 valence electrons. The minimum atomic E-state index is -2.99. The van der Waals surface area contributed by atoms with E-state index in [1.54, 1.807) is 25.1 Å². The van der Waals surface area contributed by atoms with Crippen molar-refractivity contribution in [3.63, 3.8) is 0 Å². The number of hydrogen-bond donors (Lipinski definition) is 2. The monoisotopic (exact) mass is 340 g/mol. The van der Waals surface area contributed by atoms with Gasteiger partial charge in [-0.3, -0.25) is 0 Å². The molecule has 23 heavy (non-hydrogen) atoms. The minimum Gasteiger partial charge on any atom is -0.493 e. The lowest BCUT2D eigenvalue weighted by Crippen LogP contribution is -2.08. The molecule has 0 saturated heterocycles. The van der Waals surface area contributed by atoms with E-state index in [9.17, 15) is 13.2 Å². The van der Waals surface area contributed by atoms with Crippen LogP contribution in [0.25, 0.3) is 10.9 Å². The molecule has 0 aliphatic carbocycles. The van der Waals surface area contributed by atoms with Crippen LogP contribution in [-0.4, -0.2) is 44.6 Å². The van der Waals surface area contributed by atoms with Gasteiger partial charge in [-0.2, -0.15) is 0 Å². The number of aromatic amines is 1. The molecule has 0 radical (unpaired) electrons. The molecule has 1 heterocycles. The highest BCUT2D eigenvalue weighted by Gasteiger charge is 2.13. The zero-order valence-corrected chi connectivity index (χ0v) is 13.9. The number of hydrogen-bond acceptors (Lipinski definition) is 6. The first-order valence-corrected chi connectivity index (χ1v) is 9.26. The Kier molecular flexibility index (Phi) is 5.15. The molecule has 0 unspecified atom stereocenters. The van der Waals surface area contributed by atoms with Crippen molar-refractivity contribution in [2.75, 3.05) is 31.0 Å². The fraction of sp³-hybridized carbons (Fsp3) is 0.400. The highest BCUT2D eigenvalue weighted by Crippen LogP contribution is 2.28. The van der Waals surface area contributed by atoms with Crippen molar-refractivity contribution in [2.45, 2.75) is 13.3 Å². The highest BCUT2D eigenvalue weighted by molar-refractivity contribution is 7.90. The molecule has 0 aliphatic rings. The zero-order chi connectivity index (χ0) is 17.0. The summed E-state index contributed by atoms with van der Waals surface area (Å²) in [6.07, 6.45) is 1.59. The maximum Gasteiger partial charge on any atom is 0.354 e. The van der Waals surface area contributed by atoms with Crippen LogP contribution in [0.3, 0.4) is 0 Å². The molecule has 1 aromatic heterocycles. The maximum atomic E-state index is 11.7. The number of anilines is 1. The summed E-state index contributed by atoms with van der Waals surface area (Å²) in [5.74, 6) is 0.152. The largest absolute Gasteiger partial charge is 0.493 e. The Balaban J connectivity index is 2.12. The van der Waals surface area contributed by atoms with Crippen LogP contribution in [0.1, 0.15) is 23.8 Å². The van der Waals surface area contributed by atoms with E-state index in [1.165, 1.54) is 6.26 Å². The van der Waals surface area contributed by atoms with Crippen LogP contribution in [0, 0.1) is 0 Å². The topological polar surface area (TPSA) is 111 Å². The third-order valence-electron chi connectivity index (χ3n) is 3.16. The van der Waals surface area contributed by atoms with Crippen LogP contribution >= 0.6 is 0 Å². The second kappa shape index (κ2) is 6.91. The molecule has 2 rings (SSSR count). The number of fused-ring (bicyclic) bond motifs is 1. The van der Waals surface area contributed by atoms with Gasteiger partial charge in [0.05, 0.1) is 30.2 Å². The number of nitrogens with two attached hydrogens (primary N) is 1. The number of carbonyl (C=O) groups excluding carboxylic acids is 1. The summed E-state index contributed by atoms with van der Waals surface area (Å²) in [5, 5.41) is 0.728. The van der Waals surface area contributed by atoms with Crippen LogP contribution in [-0.2, 0) is 14.6 Å². The fourth-order valence-corrected chi connectivity index (χ4v) is 2.80. The highest BCUT2D eigenvalue weighted by atomic mass is 32.2. The smallest absolute Gasteiger partial charge is 0.354 e. The molecule has 0 bridgehead atoms. The van der Waals surface area contributed by atoms with Gasteiger partial charge in [0.2, 0.25) is 0 Å². The van der Waals surface area contributed by atoms with Crippen molar-refractivity contribution in [1.29, 1.82) is 0 Å². The van der Waals surface area contributed by atoms with Crippen LogP contribution in [0.15, 0.2) is 18.2 Å². The summed E-state index contributed by atoms with van der Waals surface area (Å²) in [6.45, 7) is 2.29. The van der Waals surface area contributed by atoms with E-state index in [0.717, 1.165) is 5.39 Å². The predicted octanol–water partition coefficient (Wildman–Crippen LogP) is 1.74. The third kappa shape index (κ3) is 4.62. The molecule has 0 amide bonds. The van der Waals surface area contributed by atoms with Gasteiger partial charge in [0, 0.05) is 17.7 Å². The summed E-state index contributed by atoms with van der Waals surface area (Å²) < 4.78 is 32.6. The molecule has 8 heteroatoms. The summed E-state index contributed by atoms with van der Waals surface area (Å²) in [4.78, 5) is 14.7. The standard InChI is InChI=1S/C15H20N2O5S/c1-3-21-15(18)13-8-10-7-11(9-12(16)14(10)17-13)22-5-4-6-23(2,19)20/h7-9,17H,3-6,16H2,1-2H3. The molecule has 0 saturated carbocycles. The van der Waals surface area contributed by atoms with Gasteiger partial charge in [-0.1, -0.05) is 0 Å². The Morgan fingerprint density at radius 3 is 2.70 bits per heavy atom. The Hall–Kier alpha value is -2.22. The van der Waals surface area contributed by atoms with Crippen molar-refractivity contribution in [2.24, 2.45) is 0 Å². The van der Waals surface area contributed by atoms with Crippen LogP contribution < -0.4 is 10.5 Å². The van der Waals surface area contributed by atoms with Gasteiger partial charge in [-0.15, -0.1) is 0 Å². The summed E-state index contributed by atoms with van der Waals surface area (Å²) in [5.41, 5.74) is 7.36. The van der Waals surface area contributed by atoms with Gasteiger partial charge in [-0.25, -0.2) is 13.2 Å². The molecule has 0 atom stereocenters. The molecule has 0 fully saturated rings. The number of nitrogens with one attached hydrogen (secondary N) is 1. The maximum absolute atomic E-state index is 11.7. The van der Waals surface area contributed by atoms with Crippen molar-refractivity contribution in [3.05, 3.63) is 23.9 Å². The van der Waals surface area contributed by atoms with E-state index in [-0.39, 0.29) is 12.4 Å². The molecule has 7 nitrogen and oxygen atoms in total. The second-order valence-corrected chi connectivity index (χ2v) is 7.47. The number of esters is 1. The van der Waals surface area contributed by atoms with Crippen molar-refractivity contribution in [1.82, 2.24) is 4.98 Å². The number of sulfone groups is 1. The molecule has 2 aromatic rings. The normalized spacial score (nSPS) is 11.6. The summed E-state index contributed by atoms with van der Waals surface area (Å²) in [7, 11) is -2.99. The van der Waals surface area contributed by atoms with Gasteiger partial charge >= 0.3 is 5.97 Å². The number of H-pyrrole nitrogens is 1. The molecule has 3 N–H and O–H groups in total. The first kappa shape index (κ1) is 17.1. The van der Waals surface area contributed by atoms with Crippen molar-refractivity contribution in [3.8, 4) is 5.75 Å². The van der Waals surface area contributed by atoms with E-state index in [4.69, 9.17) is 15.2 Å². The van der Waals surface area contributed by atoms with E-state index in [2.05, 4.69) is 4.98 Å². The molecule has 0 aliphatic heterocycles. The first-order valence-electron chi connectivity index (χ1n) is 7.20. The van der Waals surface area contributed by atoms with Gasteiger partial charge < -0.3 is 20.2 Å². The van der Waals surface area contributed by atoms with Gasteiger partial charge in [0.25, 0.3) is 0 Å². The molecule has 0 spiro atoms. The van der Waals surface area contributed by atoms with Crippen LogP contribution in [0.2, 0.25) is 0 Å². The number of aromatic nitrogens is 1. The SMILES string of the molecule is CCOC(=O)c1cc2cc(OCCCS(C)(=O)=O)cc(N)c2[nH]1. The van der Waals surface area contributed by atoms with Gasteiger partial charge in [0.1, 0.15) is 21.3 Å². The van der Waals surface area contributed by atoms with Crippen molar-refractivity contribution < 1.29 is 22.7 Å². The second-order valence-electron chi connectivity index (χ2n) is 5.21. The summed E-state index contributed by atoms with van der Waals surface area (Å²) >= 11 is 0. The Bertz CT molecular complexity index is 811. The van der Waals surface area contributed by atoms with E-state index >= 15 is 0 Å². The first-order chi connectivity index (χ1) is 10.8.